The first-order valence-corrected chi connectivity index (χ1v) is 11.6. The standard InChI is InChI=1S/C27H19ClN2O2S/c28-24-8-4-3-7-21(24)17-32-23-13-9-18(10-14-23)15-25-26(31)30-27(33-25)29-22-12-11-19-5-1-2-6-20(19)16-22/h1-16H,17H2,(H,29,30,31)/b25-15-. The molecule has 0 radical (unpaired) electrons. The summed E-state index contributed by atoms with van der Waals surface area (Å²) in [5.74, 6) is 0.581. The number of nitrogens with zero attached hydrogens (tertiary/aromatic N) is 1. The van der Waals surface area contributed by atoms with E-state index in [2.05, 4.69) is 16.4 Å². The third-order valence-corrected chi connectivity index (χ3v) is 6.42. The number of carbonyl (C=O) groups excluding carboxylic acids is 1. The van der Waals surface area contributed by atoms with E-state index in [-0.39, 0.29) is 5.91 Å². The molecule has 162 valence electrons. The minimum absolute atomic E-state index is 0.154. The van der Waals surface area contributed by atoms with E-state index in [1.54, 1.807) is 0 Å². The number of halogens is 1. The van der Waals surface area contributed by atoms with E-state index in [0.29, 0.717) is 21.7 Å². The highest BCUT2D eigenvalue weighted by molar-refractivity contribution is 8.18. The van der Waals surface area contributed by atoms with Gasteiger partial charge in [-0.2, -0.15) is 0 Å². The Bertz CT molecular complexity index is 1400. The SMILES string of the molecule is O=C1NC(=Nc2ccc3ccccc3c2)S/C1=C\c1ccc(OCc2ccccc2Cl)cc1. The van der Waals surface area contributed by atoms with Crippen LogP contribution in [0.2, 0.25) is 5.02 Å². The Hall–Kier alpha value is -3.54. The second-order valence-corrected chi connectivity index (χ2v) is 8.90. The number of thioether (sulfide) groups is 1. The molecule has 1 saturated heterocycles. The highest BCUT2D eigenvalue weighted by atomic mass is 35.5. The maximum Gasteiger partial charge on any atom is 0.264 e. The molecule has 0 unspecified atom stereocenters. The molecule has 0 atom stereocenters. The maximum atomic E-state index is 12.4. The fourth-order valence-electron chi connectivity index (χ4n) is 3.43. The number of hydrogen-bond donors (Lipinski definition) is 1. The van der Waals surface area contributed by atoms with Crippen molar-refractivity contribution in [1.29, 1.82) is 0 Å². The molecule has 5 rings (SSSR count). The summed E-state index contributed by atoms with van der Waals surface area (Å²) in [5, 5.41) is 6.37. The third kappa shape index (κ3) is 5.11. The third-order valence-electron chi connectivity index (χ3n) is 5.14. The number of amides is 1. The van der Waals surface area contributed by atoms with Crippen molar-refractivity contribution in [3.05, 3.63) is 112 Å². The summed E-state index contributed by atoms with van der Waals surface area (Å²) in [6.07, 6.45) is 1.85. The quantitative estimate of drug-likeness (QED) is 0.320. The lowest BCUT2D eigenvalue weighted by molar-refractivity contribution is -0.115. The van der Waals surface area contributed by atoms with Crippen molar-refractivity contribution in [3.8, 4) is 5.75 Å². The van der Waals surface area contributed by atoms with Gasteiger partial charge >= 0.3 is 0 Å². The second-order valence-electron chi connectivity index (χ2n) is 7.46. The normalized spacial score (nSPS) is 15.8. The molecular formula is C27H19ClN2O2S. The molecule has 1 amide bonds. The van der Waals surface area contributed by atoms with E-state index < -0.39 is 0 Å². The van der Waals surface area contributed by atoms with E-state index in [4.69, 9.17) is 16.3 Å². The van der Waals surface area contributed by atoms with Crippen LogP contribution in [-0.4, -0.2) is 11.1 Å². The smallest absolute Gasteiger partial charge is 0.264 e. The molecule has 1 heterocycles. The van der Waals surface area contributed by atoms with E-state index in [9.17, 15) is 4.79 Å². The molecule has 0 aromatic heterocycles. The molecule has 4 aromatic carbocycles. The van der Waals surface area contributed by atoms with Gasteiger partial charge < -0.3 is 10.1 Å². The van der Waals surface area contributed by atoms with Crippen LogP contribution in [0.3, 0.4) is 0 Å². The Balaban J connectivity index is 1.26. The zero-order chi connectivity index (χ0) is 22.6. The zero-order valence-electron chi connectivity index (χ0n) is 17.5. The van der Waals surface area contributed by atoms with Crippen LogP contribution < -0.4 is 10.1 Å². The molecule has 33 heavy (non-hydrogen) atoms. The molecule has 0 spiro atoms. The van der Waals surface area contributed by atoms with Crippen molar-refractivity contribution >= 4 is 57.0 Å². The summed E-state index contributed by atoms with van der Waals surface area (Å²) in [4.78, 5) is 17.6. The van der Waals surface area contributed by atoms with Crippen molar-refractivity contribution in [2.75, 3.05) is 0 Å². The molecule has 0 bridgehead atoms. The largest absolute Gasteiger partial charge is 0.489 e. The lowest BCUT2D eigenvalue weighted by Crippen LogP contribution is -2.19. The number of amidine groups is 1. The topological polar surface area (TPSA) is 50.7 Å². The first kappa shape index (κ1) is 21.3. The van der Waals surface area contributed by atoms with Gasteiger partial charge in [-0.05, 0) is 64.5 Å². The Morgan fingerprint density at radius 3 is 2.48 bits per heavy atom. The number of fused-ring (bicyclic) bond motifs is 1. The van der Waals surface area contributed by atoms with Crippen LogP contribution >= 0.6 is 23.4 Å². The fraction of sp³-hybridized carbons (Fsp3) is 0.0370. The lowest BCUT2D eigenvalue weighted by atomic mass is 10.1. The van der Waals surface area contributed by atoms with E-state index in [1.165, 1.54) is 11.8 Å². The molecule has 0 aliphatic carbocycles. The van der Waals surface area contributed by atoms with Gasteiger partial charge in [0.15, 0.2) is 5.17 Å². The fourth-order valence-corrected chi connectivity index (χ4v) is 4.46. The lowest BCUT2D eigenvalue weighted by Gasteiger charge is -2.08. The van der Waals surface area contributed by atoms with Crippen LogP contribution in [0.4, 0.5) is 5.69 Å². The van der Waals surface area contributed by atoms with Crippen LogP contribution in [0.15, 0.2) is 101 Å². The zero-order valence-corrected chi connectivity index (χ0v) is 19.1. The van der Waals surface area contributed by atoms with Crippen LogP contribution in [-0.2, 0) is 11.4 Å². The number of carbonyl (C=O) groups is 1. The van der Waals surface area contributed by atoms with Crippen LogP contribution in [0.25, 0.3) is 16.8 Å². The van der Waals surface area contributed by atoms with E-state index >= 15 is 0 Å². The summed E-state index contributed by atoms with van der Waals surface area (Å²) in [6, 6.07) is 29.3. The monoisotopic (exact) mass is 470 g/mol. The molecule has 0 saturated carbocycles. The van der Waals surface area contributed by atoms with Gasteiger partial charge in [0, 0.05) is 10.6 Å². The minimum atomic E-state index is -0.154. The Kier molecular flexibility index (Phi) is 6.15. The van der Waals surface area contributed by atoms with Crippen molar-refractivity contribution in [2.45, 2.75) is 6.61 Å². The summed E-state index contributed by atoms with van der Waals surface area (Å²) < 4.78 is 5.82. The van der Waals surface area contributed by atoms with E-state index in [0.717, 1.165) is 33.3 Å². The molecule has 4 nitrogen and oxygen atoms in total. The van der Waals surface area contributed by atoms with Gasteiger partial charge in [-0.15, -0.1) is 0 Å². The van der Waals surface area contributed by atoms with Crippen LogP contribution in [0, 0.1) is 0 Å². The first-order chi connectivity index (χ1) is 16.1. The summed E-state index contributed by atoms with van der Waals surface area (Å²) >= 11 is 7.51. The Morgan fingerprint density at radius 1 is 0.909 bits per heavy atom. The van der Waals surface area contributed by atoms with E-state index in [1.807, 2.05) is 91.0 Å². The predicted molar refractivity (Wildman–Crippen MR) is 137 cm³/mol. The molecule has 1 aliphatic heterocycles. The average Bonchev–Trinajstić information content (AvgIpc) is 3.17. The molecule has 1 N–H and O–H groups in total. The number of nitrogens with one attached hydrogen (secondary N) is 1. The number of benzene rings is 4. The number of aliphatic imine (C=N–C) groups is 1. The Labute approximate surface area is 201 Å². The number of hydrogen-bond acceptors (Lipinski definition) is 4. The number of rotatable bonds is 5. The van der Waals surface area contributed by atoms with Gasteiger partial charge in [0.05, 0.1) is 10.6 Å². The Morgan fingerprint density at radius 2 is 1.67 bits per heavy atom. The van der Waals surface area contributed by atoms with Gasteiger partial charge in [0.1, 0.15) is 12.4 Å². The van der Waals surface area contributed by atoms with Gasteiger partial charge in [-0.3, -0.25) is 4.79 Å². The van der Waals surface area contributed by atoms with Crippen LogP contribution in [0.5, 0.6) is 5.75 Å². The maximum absolute atomic E-state index is 12.4. The summed E-state index contributed by atoms with van der Waals surface area (Å²) in [5.41, 5.74) is 2.64. The minimum Gasteiger partial charge on any atom is -0.489 e. The van der Waals surface area contributed by atoms with Gasteiger partial charge in [0.25, 0.3) is 5.91 Å². The summed E-state index contributed by atoms with van der Waals surface area (Å²) in [6.45, 7) is 0.396. The molecule has 4 aromatic rings. The van der Waals surface area contributed by atoms with Crippen molar-refractivity contribution in [3.63, 3.8) is 0 Å². The van der Waals surface area contributed by atoms with Crippen molar-refractivity contribution in [1.82, 2.24) is 5.32 Å². The van der Waals surface area contributed by atoms with Crippen LogP contribution in [0.1, 0.15) is 11.1 Å². The highest BCUT2D eigenvalue weighted by Gasteiger charge is 2.23. The predicted octanol–water partition coefficient (Wildman–Crippen LogP) is 6.96. The molecular weight excluding hydrogens is 452 g/mol. The number of ether oxygens (including phenoxy) is 1. The molecule has 1 aliphatic rings. The van der Waals surface area contributed by atoms with Crippen molar-refractivity contribution < 1.29 is 9.53 Å². The average molecular weight is 471 g/mol. The van der Waals surface area contributed by atoms with Gasteiger partial charge in [-0.1, -0.05) is 72.3 Å². The van der Waals surface area contributed by atoms with Gasteiger partial charge in [0.2, 0.25) is 0 Å². The second kappa shape index (κ2) is 9.53. The summed E-state index contributed by atoms with van der Waals surface area (Å²) in [7, 11) is 0. The molecule has 6 heteroatoms. The first-order valence-electron chi connectivity index (χ1n) is 10.4. The molecule has 1 fully saturated rings. The highest BCUT2D eigenvalue weighted by Crippen LogP contribution is 2.29. The van der Waals surface area contributed by atoms with Gasteiger partial charge in [-0.25, -0.2) is 4.99 Å². The van der Waals surface area contributed by atoms with Crippen molar-refractivity contribution in [2.24, 2.45) is 4.99 Å².